The van der Waals surface area contributed by atoms with Gasteiger partial charge in [-0.25, -0.2) is 9.59 Å². The van der Waals surface area contributed by atoms with Crippen LogP contribution in [0.1, 0.15) is 11.1 Å². The number of carbonyl (C=O) groups is 2. The van der Waals surface area contributed by atoms with Gasteiger partial charge in [0.2, 0.25) is 0 Å². The van der Waals surface area contributed by atoms with Crippen molar-refractivity contribution in [3.8, 4) is 11.5 Å². The monoisotopic (exact) mass is 474 g/mol. The molecule has 0 spiro atoms. The molecule has 10 nitrogen and oxygen atoms in total. The summed E-state index contributed by atoms with van der Waals surface area (Å²) in [6, 6.07) is 12.6. The van der Waals surface area contributed by atoms with E-state index in [4.69, 9.17) is 19.7 Å². The van der Waals surface area contributed by atoms with E-state index < -0.39 is 36.4 Å². The van der Waals surface area contributed by atoms with Crippen molar-refractivity contribution in [2.75, 3.05) is 13.2 Å². The van der Waals surface area contributed by atoms with Crippen LogP contribution in [0.25, 0.3) is 12.2 Å². The lowest BCUT2D eigenvalue weighted by atomic mass is 10.0. The molecule has 0 bridgehead atoms. The van der Waals surface area contributed by atoms with Crippen molar-refractivity contribution in [2.45, 2.75) is 24.4 Å². The molecule has 0 saturated carbocycles. The van der Waals surface area contributed by atoms with Crippen LogP contribution in [0.4, 0.5) is 0 Å². The topological polar surface area (TPSA) is 174 Å². The molecule has 2 rings (SSSR count). The van der Waals surface area contributed by atoms with Gasteiger partial charge in [0.15, 0.2) is 0 Å². The zero-order valence-corrected chi connectivity index (χ0v) is 18.0. The molecule has 182 valence electrons. The Labute approximate surface area is 195 Å². The second-order valence-electron chi connectivity index (χ2n) is 7.22. The summed E-state index contributed by atoms with van der Waals surface area (Å²) in [4.78, 5) is 21.0. The maximum absolute atomic E-state index is 10.5. The molecule has 0 heterocycles. The minimum absolute atomic E-state index is 0.346. The van der Waals surface area contributed by atoms with Crippen LogP contribution < -0.4 is 9.47 Å². The number of carboxylic acid groups (broad SMARTS) is 2. The number of rotatable bonds is 13. The van der Waals surface area contributed by atoms with Gasteiger partial charge in [-0.05, 0) is 47.5 Å². The van der Waals surface area contributed by atoms with Gasteiger partial charge in [-0.2, -0.15) is 0 Å². The first kappa shape index (κ1) is 26.6. The summed E-state index contributed by atoms with van der Waals surface area (Å²) < 4.78 is 10.7. The molecule has 0 unspecified atom stereocenters. The highest BCUT2D eigenvalue weighted by atomic mass is 16.5. The van der Waals surface area contributed by atoms with Crippen LogP contribution in [-0.4, -0.2) is 80.2 Å². The Morgan fingerprint density at radius 3 is 1.26 bits per heavy atom. The second kappa shape index (κ2) is 13.1. The fourth-order valence-corrected chi connectivity index (χ4v) is 2.70. The maximum atomic E-state index is 10.5. The number of hydrogen-bond acceptors (Lipinski definition) is 8. The summed E-state index contributed by atoms with van der Waals surface area (Å²) in [5, 5.41) is 57.7. The molecule has 0 aromatic heterocycles. The van der Waals surface area contributed by atoms with Crippen LogP contribution in [0, 0.1) is 0 Å². The highest BCUT2D eigenvalue weighted by molar-refractivity contribution is 5.85. The average Bonchev–Trinajstić information content (AvgIpc) is 2.83. The molecular formula is C24H26O10. The van der Waals surface area contributed by atoms with Gasteiger partial charge in [-0.15, -0.1) is 0 Å². The molecule has 0 aliphatic carbocycles. The molecule has 0 fully saturated rings. The molecule has 0 amide bonds. The summed E-state index contributed by atoms with van der Waals surface area (Å²) >= 11 is 0. The molecule has 2 aromatic rings. The Kier molecular flexibility index (Phi) is 10.2. The summed E-state index contributed by atoms with van der Waals surface area (Å²) in [5.41, 5.74) is 1.25. The molecule has 6 N–H and O–H groups in total. The van der Waals surface area contributed by atoms with Crippen molar-refractivity contribution in [3.63, 3.8) is 0 Å². The molecule has 0 aliphatic rings. The number of ether oxygens (including phenoxy) is 2. The van der Waals surface area contributed by atoms with E-state index in [2.05, 4.69) is 0 Å². The average molecular weight is 474 g/mol. The van der Waals surface area contributed by atoms with Gasteiger partial charge in [-0.3, -0.25) is 0 Å². The summed E-state index contributed by atoms with van der Waals surface area (Å²) in [6.45, 7) is -0.747. The number of carboxylic acids is 2. The van der Waals surface area contributed by atoms with Crippen molar-refractivity contribution < 1.29 is 49.7 Å². The van der Waals surface area contributed by atoms with E-state index in [-0.39, 0.29) is 13.2 Å². The van der Waals surface area contributed by atoms with Crippen molar-refractivity contribution in [1.29, 1.82) is 0 Å². The van der Waals surface area contributed by atoms with Crippen molar-refractivity contribution in [3.05, 3.63) is 71.8 Å². The summed E-state index contributed by atoms with van der Waals surface area (Å²) in [7, 11) is 0. The van der Waals surface area contributed by atoms with Crippen LogP contribution in [0.15, 0.2) is 60.7 Å². The Bertz CT molecular complexity index is 900. The number of aliphatic hydroxyl groups excluding tert-OH is 4. The lowest BCUT2D eigenvalue weighted by molar-refractivity contribution is -0.132. The van der Waals surface area contributed by atoms with E-state index in [9.17, 15) is 30.0 Å². The molecule has 34 heavy (non-hydrogen) atoms. The lowest BCUT2D eigenvalue weighted by Crippen LogP contribution is -2.48. The van der Waals surface area contributed by atoms with Gasteiger partial charge in [0.05, 0.1) is 0 Å². The third-order valence-corrected chi connectivity index (χ3v) is 4.58. The molecular weight excluding hydrogens is 448 g/mol. The summed E-state index contributed by atoms with van der Waals surface area (Å²) in [6.07, 6.45) is -1.71. The predicted octanol–water partition coefficient (Wildman–Crippen LogP) is 0.784. The minimum Gasteiger partial charge on any atom is -0.491 e. The van der Waals surface area contributed by atoms with E-state index >= 15 is 0 Å². The van der Waals surface area contributed by atoms with E-state index in [1.54, 1.807) is 48.5 Å². The third kappa shape index (κ3) is 9.04. The molecule has 10 heteroatoms. The molecule has 0 aliphatic heterocycles. The number of aliphatic carboxylic acids is 2. The Morgan fingerprint density at radius 2 is 0.971 bits per heavy atom. The van der Waals surface area contributed by atoms with Gasteiger partial charge >= 0.3 is 11.9 Å². The molecule has 2 aromatic carbocycles. The smallest absolute Gasteiger partial charge is 0.328 e. The van der Waals surface area contributed by atoms with Crippen LogP contribution in [-0.2, 0) is 9.59 Å². The fourth-order valence-electron chi connectivity index (χ4n) is 2.70. The largest absolute Gasteiger partial charge is 0.491 e. The normalized spacial score (nSPS) is 15.1. The van der Waals surface area contributed by atoms with Crippen LogP contribution in [0.5, 0.6) is 11.5 Å². The van der Waals surface area contributed by atoms with Gasteiger partial charge in [0.25, 0.3) is 0 Å². The SMILES string of the molecule is O=C(O)/C=C/c1ccc(OC[C@@H](O)[C@H](O)[C@H](O)[C@@H](O)COc2ccc(/C=C/C(=O)O)cc2)cc1. The quantitative estimate of drug-likeness (QED) is 0.228. The summed E-state index contributed by atoms with van der Waals surface area (Å²) in [5.74, 6) is -1.46. The van der Waals surface area contributed by atoms with E-state index in [1.165, 1.54) is 12.2 Å². The van der Waals surface area contributed by atoms with Crippen LogP contribution >= 0.6 is 0 Å². The van der Waals surface area contributed by atoms with Crippen molar-refractivity contribution >= 4 is 24.1 Å². The van der Waals surface area contributed by atoms with Gasteiger partial charge in [0.1, 0.15) is 49.1 Å². The highest BCUT2D eigenvalue weighted by Gasteiger charge is 2.31. The van der Waals surface area contributed by atoms with Gasteiger partial charge in [0, 0.05) is 12.2 Å². The lowest BCUT2D eigenvalue weighted by Gasteiger charge is -2.26. The Hall–Kier alpha value is -3.70. The highest BCUT2D eigenvalue weighted by Crippen LogP contribution is 2.16. The zero-order chi connectivity index (χ0) is 25.1. The molecule has 0 radical (unpaired) electrons. The van der Waals surface area contributed by atoms with E-state index in [1.807, 2.05) is 0 Å². The van der Waals surface area contributed by atoms with Crippen molar-refractivity contribution in [2.24, 2.45) is 0 Å². The first-order valence-corrected chi connectivity index (χ1v) is 10.2. The molecule has 4 atom stereocenters. The third-order valence-electron chi connectivity index (χ3n) is 4.58. The standard InChI is InChI=1S/C24H26O10/c25-19(13-33-17-7-1-15(2-8-17)5-11-21(27)28)23(31)24(32)20(26)14-34-18-9-3-16(4-10-18)6-12-22(29)30/h1-12,19-20,23-26,31-32H,13-14H2,(H,27,28)(H,29,30)/b11-5+,12-6+/t19-,20+,23+,24-. The Balaban J connectivity index is 1.80. The van der Waals surface area contributed by atoms with Crippen LogP contribution in [0.3, 0.4) is 0 Å². The van der Waals surface area contributed by atoms with Gasteiger partial charge in [-0.1, -0.05) is 24.3 Å². The number of benzene rings is 2. The predicted molar refractivity (Wildman–Crippen MR) is 121 cm³/mol. The zero-order valence-electron chi connectivity index (χ0n) is 18.0. The van der Waals surface area contributed by atoms with Crippen molar-refractivity contribution in [1.82, 2.24) is 0 Å². The second-order valence-corrected chi connectivity index (χ2v) is 7.22. The van der Waals surface area contributed by atoms with E-state index in [0.29, 0.717) is 22.6 Å². The first-order chi connectivity index (χ1) is 16.2. The van der Waals surface area contributed by atoms with E-state index in [0.717, 1.165) is 12.2 Å². The number of hydrogen-bond donors (Lipinski definition) is 6. The Morgan fingerprint density at radius 1 is 0.647 bits per heavy atom. The van der Waals surface area contributed by atoms with Crippen LogP contribution in [0.2, 0.25) is 0 Å². The fraction of sp³-hybridized carbons (Fsp3) is 0.250. The maximum Gasteiger partial charge on any atom is 0.328 e. The first-order valence-electron chi connectivity index (χ1n) is 10.2. The minimum atomic E-state index is -1.72. The molecule has 0 saturated heterocycles. The number of aliphatic hydroxyl groups is 4. The van der Waals surface area contributed by atoms with Gasteiger partial charge < -0.3 is 40.1 Å².